The van der Waals surface area contributed by atoms with Crippen molar-refractivity contribution >= 4 is 34.1 Å². The molecule has 0 radical (unpaired) electrons. The van der Waals surface area contributed by atoms with Gasteiger partial charge in [-0.1, -0.05) is 29.3 Å². The summed E-state index contributed by atoms with van der Waals surface area (Å²) >= 11 is 13.0. The van der Waals surface area contributed by atoms with Crippen LogP contribution in [0, 0.1) is 0 Å². The van der Waals surface area contributed by atoms with Gasteiger partial charge in [-0.05, 0) is 79.6 Å². The number of rotatable bonds is 4. The van der Waals surface area contributed by atoms with Gasteiger partial charge in [-0.2, -0.15) is 0 Å². The number of fused-ring (bicyclic) bond motifs is 4. The lowest BCUT2D eigenvalue weighted by Crippen LogP contribution is -2.18. The second-order valence-electron chi connectivity index (χ2n) is 8.07. The minimum absolute atomic E-state index is 0.627. The van der Waals surface area contributed by atoms with Crippen LogP contribution in [0.25, 0.3) is 10.9 Å². The quantitative estimate of drug-likeness (QED) is 0.585. The van der Waals surface area contributed by atoms with Crippen LogP contribution in [-0.4, -0.2) is 24.3 Å². The third-order valence-corrected chi connectivity index (χ3v) is 7.14. The van der Waals surface area contributed by atoms with E-state index in [2.05, 4.69) is 34.1 Å². The van der Waals surface area contributed by atoms with Crippen LogP contribution >= 0.6 is 23.2 Å². The largest absolute Gasteiger partial charge is 0.492 e. The second-order valence-corrected chi connectivity index (χ2v) is 8.85. The maximum atomic E-state index is 6.63. The summed E-state index contributed by atoms with van der Waals surface area (Å²) in [5, 5.41) is 5.92. The molecule has 0 fully saturated rings. The molecule has 1 aromatic heterocycles. The first kappa shape index (κ1) is 19.3. The van der Waals surface area contributed by atoms with Gasteiger partial charge in [0, 0.05) is 24.0 Å². The fourth-order valence-corrected chi connectivity index (χ4v) is 5.35. The first-order chi connectivity index (χ1) is 14.2. The standard InChI is InChI=1S/C24H26Cl2N2O/c25-20-7-8-22-23(24(20)26)19-9-11-27-12-10-21(19)28(22)13-14-29-18-6-5-16-3-1-2-4-17(16)15-18/h5-8,15,27H,1-4,9-14H2. The van der Waals surface area contributed by atoms with Gasteiger partial charge < -0.3 is 14.6 Å². The molecule has 1 N–H and O–H groups in total. The smallest absolute Gasteiger partial charge is 0.119 e. The SMILES string of the molecule is Clc1ccc2c(c1Cl)c1c(n2CCOc2ccc3c(c2)CCCC3)CCNCC1. The van der Waals surface area contributed by atoms with E-state index < -0.39 is 0 Å². The van der Waals surface area contributed by atoms with Crippen molar-refractivity contribution in [1.82, 2.24) is 9.88 Å². The summed E-state index contributed by atoms with van der Waals surface area (Å²) in [6, 6.07) is 10.6. The number of halogens is 2. The Bertz CT molecular complexity index is 1060. The number of nitrogens with one attached hydrogen (secondary N) is 1. The van der Waals surface area contributed by atoms with Crippen LogP contribution in [0.3, 0.4) is 0 Å². The molecule has 0 unspecified atom stereocenters. The topological polar surface area (TPSA) is 26.2 Å². The number of benzene rings is 2. The molecule has 0 saturated carbocycles. The summed E-state index contributed by atoms with van der Waals surface area (Å²) in [6.07, 6.45) is 6.94. The van der Waals surface area contributed by atoms with Crippen molar-refractivity contribution in [2.45, 2.75) is 45.1 Å². The van der Waals surface area contributed by atoms with Crippen LogP contribution in [0.15, 0.2) is 30.3 Å². The fourth-order valence-electron chi connectivity index (χ4n) is 4.92. The van der Waals surface area contributed by atoms with Gasteiger partial charge in [0.1, 0.15) is 12.4 Å². The van der Waals surface area contributed by atoms with Crippen molar-refractivity contribution in [2.75, 3.05) is 19.7 Å². The molecule has 0 atom stereocenters. The van der Waals surface area contributed by atoms with Crippen LogP contribution in [0.5, 0.6) is 5.75 Å². The molecule has 2 heterocycles. The predicted molar refractivity (Wildman–Crippen MR) is 121 cm³/mol. The van der Waals surface area contributed by atoms with E-state index in [0.717, 1.165) is 43.6 Å². The van der Waals surface area contributed by atoms with Crippen LogP contribution in [0.4, 0.5) is 0 Å². The van der Waals surface area contributed by atoms with Gasteiger partial charge in [0.15, 0.2) is 0 Å². The molecule has 1 aliphatic heterocycles. The zero-order valence-corrected chi connectivity index (χ0v) is 18.1. The molecule has 0 bridgehead atoms. The van der Waals surface area contributed by atoms with Crippen molar-refractivity contribution in [3.8, 4) is 5.75 Å². The average Bonchev–Trinajstić information content (AvgIpc) is 2.88. The molecule has 29 heavy (non-hydrogen) atoms. The Morgan fingerprint density at radius 3 is 2.66 bits per heavy atom. The van der Waals surface area contributed by atoms with Crippen molar-refractivity contribution in [3.05, 3.63) is 62.8 Å². The van der Waals surface area contributed by atoms with E-state index in [-0.39, 0.29) is 0 Å². The van der Waals surface area contributed by atoms with Crippen LogP contribution in [-0.2, 0) is 32.2 Å². The molecule has 2 aromatic carbocycles. The Balaban J connectivity index is 1.42. The molecule has 3 nitrogen and oxygen atoms in total. The van der Waals surface area contributed by atoms with Gasteiger partial charge in [0.2, 0.25) is 0 Å². The number of ether oxygens (including phenoxy) is 1. The zero-order valence-electron chi connectivity index (χ0n) is 16.6. The highest BCUT2D eigenvalue weighted by atomic mass is 35.5. The Morgan fingerprint density at radius 1 is 0.931 bits per heavy atom. The van der Waals surface area contributed by atoms with E-state index in [1.165, 1.54) is 53.6 Å². The lowest BCUT2D eigenvalue weighted by Gasteiger charge is -2.17. The van der Waals surface area contributed by atoms with E-state index in [9.17, 15) is 0 Å². The highest BCUT2D eigenvalue weighted by molar-refractivity contribution is 6.45. The lowest BCUT2D eigenvalue weighted by molar-refractivity contribution is 0.298. The predicted octanol–water partition coefficient (Wildman–Crippen LogP) is 5.59. The maximum Gasteiger partial charge on any atom is 0.119 e. The molecular weight excluding hydrogens is 403 g/mol. The van der Waals surface area contributed by atoms with Crippen molar-refractivity contribution in [2.24, 2.45) is 0 Å². The number of aromatic nitrogens is 1. The van der Waals surface area contributed by atoms with E-state index in [4.69, 9.17) is 27.9 Å². The van der Waals surface area contributed by atoms with E-state index in [1.807, 2.05) is 6.07 Å². The number of hydrogen-bond acceptors (Lipinski definition) is 2. The molecule has 5 heteroatoms. The summed E-state index contributed by atoms with van der Waals surface area (Å²) in [7, 11) is 0. The highest BCUT2D eigenvalue weighted by Gasteiger charge is 2.21. The van der Waals surface area contributed by atoms with Crippen LogP contribution < -0.4 is 10.1 Å². The molecule has 0 saturated heterocycles. The Kier molecular flexibility index (Phi) is 5.47. The minimum atomic E-state index is 0.627. The third-order valence-electron chi connectivity index (χ3n) is 6.33. The summed E-state index contributed by atoms with van der Waals surface area (Å²) in [6.45, 7) is 3.41. The third kappa shape index (κ3) is 3.65. The Labute approximate surface area is 181 Å². The number of aryl methyl sites for hydroxylation is 2. The number of nitrogens with zero attached hydrogens (tertiary/aromatic N) is 1. The van der Waals surface area contributed by atoms with E-state index >= 15 is 0 Å². The van der Waals surface area contributed by atoms with Gasteiger partial charge in [-0.15, -0.1) is 0 Å². The normalized spacial score (nSPS) is 16.3. The summed E-state index contributed by atoms with van der Waals surface area (Å²) in [5.74, 6) is 0.982. The molecule has 0 amide bonds. The summed E-state index contributed by atoms with van der Waals surface area (Å²) in [5.41, 5.74) is 6.82. The van der Waals surface area contributed by atoms with Gasteiger partial charge >= 0.3 is 0 Å². The lowest BCUT2D eigenvalue weighted by atomic mass is 9.92. The van der Waals surface area contributed by atoms with Gasteiger partial charge in [0.25, 0.3) is 0 Å². The highest BCUT2D eigenvalue weighted by Crippen LogP contribution is 2.37. The number of hydrogen-bond donors (Lipinski definition) is 1. The molecule has 0 spiro atoms. The van der Waals surface area contributed by atoms with Crippen LogP contribution in [0.1, 0.15) is 35.2 Å². The van der Waals surface area contributed by atoms with E-state index in [1.54, 1.807) is 0 Å². The van der Waals surface area contributed by atoms with Crippen molar-refractivity contribution in [1.29, 1.82) is 0 Å². The molecular formula is C24H26Cl2N2O. The van der Waals surface area contributed by atoms with Gasteiger partial charge in [0.05, 0.1) is 22.1 Å². The Hall–Kier alpha value is -1.68. The van der Waals surface area contributed by atoms with Gasteiger partial charge in [-0.3, -0.25) is 0 Å². The van der Waals surface area contributed by atoms with Crippen LogP contribution in [0.2, 0.25) is 10.0 Å². The Morgan fingerprint density at radius 2 is 1.76 bits per heavy atom. The molecule has 152 valence electrons. The molecule has 3 aromatic rings. The first-order valence-corrected chi connectivity index (χ1v) is 11.4. The molecule has 5 rings (SSSR count). The molecule has 1 aliphatic carbocycles. The van der Waals surface area contributed by atoms with E-state index in [0.29, 0.717) is 16.7 Å². The maximum absolute atomic E-state index is 6.63. The minimum Gasteiger partial charge on any atom is -0.492 e. The first-order valence-electron chi connectivity index (χ1n) is 10.7. The zero-order chi connectivity index (χ0) is 19.8. The second kappa shape index (κ2) is 8.22. The summed E-state index contributed by atoms with van der Waals surface area (Å²) < 4.78 is 8.56. The molecule has 2 aliphatic rings. The van der Waals surface area contributed by atoms with Gasteiger partial charge in [-0.25, -0.2) is 0 Å². The van der Waals surface area contributed by atoms with Crippen molar-refractivity contribution < 1.29 is 4.74 Å². The van der Waals surface area contributed by atoms with Crippen molar-refractivity contribution in [3.63, 3.8) is 0 Å². The summed E-state index contributed by atoms with van der Waals surface area (Å²) in [4.78, 5) is 0. The fraction of sp³-hybridized carbons (Fsp3) is 0.417. The average molecular weight is 429 g/mol. The monoisotopic (exact) mass is 428 g/mol.